The van der Waals surface area contributed by atoms with Gasteiger partial charge < -0.3 is 4.90 Å². The molecule has 3 nitrogen and oxygen atoms in total. The molecule has 1 saturated heterocycles. The van der Waals surface area contributed by atoms with Crippen molar-refractivity contribution in [2.24, 2.45) is 0 Å². The molecule has 0 aliphatic carbocycles. The van der Waals surface area contributed by atoms with Gasteiger partial charge in [0.05, 0.1) is 16.8 Å². The Morgan fingerprint density at radius 2 is 1.82 bits per heavy atom. The zero-order chi connectivity index (χ0) is 19.5. The molecule has 2 aromatic carbocycles. The standard InChI is InChI=1S/C24H25BrN2O/c1-2-3-6-17-7-9-18(10-8-17)23-16-21(24(28)27-13-4-5-14-27)20-15-19(25)11-12-22(20)26-23/h7-12,15-16H,2-6,13-14H2,1H3. The predicted octanol–water partition coefficient (Wildman–Crippen LogP) is 6.24. The molecule has 1 fully saturated rings. The van der Waals surface area contributed by atoms with Gasteiger partial charge in [0, 0.05) is 28.5 Å². The molecule has 4 rings (SSSR count). The largest absolute Gasteiger partial charge is 0.339 e. The van der Waals surface area contributed by atoms with Gasteiger partial charge in [0.15, 0.2) is 0 Å². The highest BCUT2D eigenvalue weighted by Gasteiger charge is 2.22. The van der Waals surface area contributed by atoms with Crippen molar-refractivity contribution in [3.05, 3.63) is 64.1 Å². The van der Waals surface area contributed by atoms with Crippen LogP contribution in [0.4, 0.5) is 0 Å². The van der Waals surface area contributed by atoms with Crippen LogP contribution in [0.2, 0.25) is 0 Å². The smallest absolute Gasteiger partial charge is 0.254 e. The van der Waals surface area contributed by atoms with Crippen molar-refractivity contribution in [2.45, 2.75) is 39.0 Å². The van der Waals surface area contributed by atoms with Crippen LogP contribution in [0.25, 0.3) is 22.2 Å². The third-order valence-corrected chi connectivity index (χ3v) is 5.96. The third-order valence-electron chi connectivity index (χ3n) is 5.46. The lowest BCUT2D eigenvalue weighted by Gasteiger charge is -2.17. The summed E-state index contributed by atoms with van der Waals surface area (Å²) in [6.45, 7) is 3.90. The van der Waals surface area contributed by atoms with Crippen molar-refractivity contribution >= 4 is 32.7 Å². The van der Waals surface area contributed by atoms with Crippen LogP contribution in [0.3, 0.4) is 0 Å². The Balaban J connectivity index is 1.77. The van der Waals surface area contributed by atoms with Gasteiger partial charge in [-0.25, -0.2) is 4.98 Å². The molecule has 1 aliphatic rings. The number of fused-ring (bicyclic) bond motifs is 1. The Hall–Kier alpha value is -2.20. The van der Waals surface area contributed by atoms with Crippen molar-refractivity contribution in [1.82, 2.24) is 9.88 Å². The van der Waals surface area contributed by atoms with E-state index in [9.17, 15) is 4.79 Å². The molecule has 1 aromatic heterocycles. The van der Waals surface area contributed by atoms with E-state index in [1.807, 2.05) is 29.2 Å². The van der Waals surface area contributed by atoms with Crippen LogP contribution in [0.1, 0.15) is 48.5 Å². The number of likely N-dealkylation sites (tertiary alicyclic amines) is 1. The Morgan fingerprint density at radius 3 is 2.54 bits per heavy atom. The molecule has 0 bridgehead atoms. The van der Waals surface area contributed by atoms with Gasteiger partial charge in [-0.2, -0.15) is 0 Å². The zero-order valence-electron chi connectivity index (χ0n) is 16.2. The second-order valence-corrected chi connectivity index (χ2v) is 8.43. The highest BCUT2D eigenvalue weighted by Crippen LogP contribution is 2.29. The molecule has 3 aromatic rings. The summed E-state index contributed by atoms with van der Waals surface area (Å²) in [7, 11) is 0. The first kappa shape index (κ1) is 19.1. The predicted molar refractivity (Wildman–Crippen MR) is 119 cm³/mol. The van der Waals surface area contributed by atoms with Crippen molar-refractivity contribution in [3.63, 3.8) is 0 Å². The number of aryl methyl sites for hydroxylation is 1. The van der Waals surface area contributed by atoms with Gasteiger partial charge in [-0.15, -0.1) is 0 Å². The quantitative estimate of drug-likeness (QED) is 0.473. The van der Waals surface area contributed by atoms with Crippen molar-refractivity contribution in [3.8, 4) is 11.3 Å². The van der Waals surface area contributed by atoms with Gasteiger partial charge in [0.2, 0.25) is 0 Å². The van der Waals surface area contributed by atoms with Crippen LogP contribution in [0.5, 0.6) is 0 Å². The number of aromatic nitrogens is 1. The van der Waals surface area contributed by atoms with Gasteiger partial charge >= 0.3 is 0 Å². The number of halogens is 1. The maximum atomic E-state index is 13.2. The van der Waals surface area contributed by atoms with Gasteiger partial charge in [0.1, 0.15) is 0 Å². The summed E-state index contributed by atoms with van der Waals surface area (Å²) in [5.41, 5.74) is 4.88. The highest BCUT2D eigenvalue weighted by molar-refractivity contribution is 9.10. The van der Waals surface area contributed by atoms with E-state index in [-0.39, 0.29) is 5.91 Å². The second-order valence-electron chi connectivity index (χ2n) is 7.52. The number of carbonyl (C=O) groups excluding carboxylic acids is 1. The number of nitrogens with zero attached hydrogens (tertiary/aromatic N) is 2. The average Bonchev–Trinajstić information content (AvgIpc) is 3.26. The summed E-state index contributed by atoms with van der Waals surface area (Å²) < 4.78 is 0.963. The van der Waals surface area contributed by atoms with Crippen molar-refractivity contribution in [2.75, 3.05) is 13.1 Å². The molecule has 28 heavy (non-hydrogen) atoms. The maximum Gasteiger partial charge on any atom is 0.254 e. The van der Waals surface area contributed by atoms with Crippen LogP contribution >= 0.6 is 15.9 Å². The van der Waals surface area contributed by atoms with Crippen LogP contribution < -0.4 is 0 Å². The second kappa shape index (κ2) is 8.44. The summed E-state index contributed by atoms with van der Waals surface area (Å²) >= 11 is 3.54. The molecule has 0 unspecified atom stereocenters. The molecular weight excluding hydrogens is 412 g/mol. The first-order valence-corrected chi connectivity index (χ1v) is 10.9. The Labute approximate surface area is 174 Å². The Kier molecular flexibility index (Phi) is 5.77. The van der Waals surface area contributed by atoms with Crippen LogP contribution in [0, 0.1) is 0 Å². The summed E-state index contributed by atoms with van der Waals surface area (Å²) in [6, 6.07) is 16.6. The van der Waals surface area contributed by atoms with Crippen molar-refractivity contribution < 1.29 is 4.79 Å². The topological polar surface area (TPSA) is 33.2 Å². The first-order valence-electron chi connectivity index (χ1n) is 10.1. The van der Waals surface area contributed by atoms with E-state index in [2.05, 4.69) is 47.1 Å². The van der Waals surface area contributed by atoms with Gasteiger partial charge in [-0.3, -0.25) is 4.79 Å². The maximum absolute atomic E-state index is 13.2. The van der Waals surface area contributed by atoms with Crippen LogP contribution in [0.15, 0.2) is 53.0 Å². The van der Waals surface area contributed by atoms with Crippen molar-refractivity contribution in [1.29, 1.82) is 0 Å². The number of amides is 1. The molecule has 144 valence electrons. The van der Waals surface area contributed by atoms with E-state index in [1.165, 1.54) is 18.4 Å². The fraction of sp³-hybridized carbons (Fsp3) is 0.333. The molecule has 0 radical (unpaired) electrons. The Bertz CT molecular complexity index is 991. The normalized spacial score (nSPS) is 14.0. The SMILES string of the molecule is CCCCc1ccc(-c2cc(C(=O)N3CCCC3)c3cc(Br)ccc3n2)cc1. The summed E-state index contributed by atoms with van der Waals surface area (Å²) in [4.78, 5) is 20.0. The minimum atomic E-state index is 0.115. The van der Waals surface area contributed by atoms with E-state index >= 15 is 0 Å². The summed E-state index contributed by atoms with van der Waals surface area (Å²) in [5, 5.41) is 0.912. The lowest BCUT2D eigenvalue weighted by Crippen LogP contribution is -2.27. The number of rotatable bonds is 5. The number of benzene rings is 2. The number of pyridine rings is 1. The highest BCUT2D eigenvalue weighted by atomic mass is 79.9. The molecule has 1 aliphatic heterocycles. The fourth-order valence-electron chi connectivity index (χ4n) is 3.84. The summed E-state index contributed by atoms with van der Waals surface area (Å²) in [6.07, 6.45) is 5.69. The van der Waals surface area contributed by atoms with Crippen LogP contribution in [-0.2, 0) is 6.42 Å². The molecule has 2 heterocycles. The van der Waals surface area contributed by atoms with Crippen LogP contribution in [-0.4, -0.2) is 28.9 Å². The van der Waals surface area contributed by atoms with E-state index in [0.29, 0.717) is 0 Å². The minimum Gasteiger partial charge on any atom is -0.339 e. The fourth-order valence-corrected chi connectivity index (χ4v) is 4.20. The van der Waals surface area contributed by atoms with E-state index in [0.717, 1.165) is 64.5 Å². The number of unbranched alkanes of at least 4 members (excludes halogenated alkanes) is 1. The minimum absolute atomic E-state index is 0.115. The molecule has 0 atom stereocenters. The molecular formula is C24H25BrN2O. The molecule has 4 heteroatoms. The molecule has 0 spiro atoms. The molecule has 1 amide bonds. The summed E-state index contributed by atoms with van der Waals surface area (Å²) in [5.74, 6) is 0.115. The van der Waals surface area contributed by atoms with E-state index in [4.69, 9.17) is 4.98 Å². The molecule has 0 saturated carbocycles. The molecule has 0 N–H and O–H groups in total. The average molecular weight is 437 g/mol. The van der Waals surface area contributed by atoms with E-state index < -0.39 is 0 Å². The van der Waals surface area contributed by atoms with Gasteiger partial charge in [-0.1, -0.05) is 53.5 Å². The van der Waals surface area contributed by atoms with E-state index in [1.54, 1.807) is 0 Å². The lowest BCUT2D eigenvalue weighted by molar-refractivity contribution is 0.0794. The van der Waals surface area contributed by atoms with Gasteiger partial charge in [0.25, 0.3) is 5.91 Å². The number of hydrogen-bond donors (Lipinski definition) is 0. The zero-order valence-corrected chi connectivity index (χ0v) is 17.8. The lowest BCUT2D eigenvalue weighted by atomic mass is 10.0. The third kappa shape index (κ3) is 3.97. The number of hydrogen-bond acceptors (Lipinski definition) is 2. The van der Waals surface area contributed by atoms with Gasteiger partial charge in [-0.05, 0) is 55.5 Å². The Morgan fingerprint density at radius 1 is 1.07 bits per heavy atom. The monoisotopic (exact) mass is 436 g/mol. The first-order chi connectivity index (χ1) is 13.7. The number of carbonyl (C=O) groups is 1.